The fourth-order valence-corrected chi connectivity index (χ4v) is 4.29. The highest BCUT2D eigenvalue weighted by Gasteiger charge is 2.21. The van der Waals surface area contributed by atoms with Gasteiger partial charge in [0.1, 0.15) is 5.82 Å². The number of rotatable bonds is 10. The Hall–Kier alpha value is -2.86. The molecule has 0 bridgehead atoms. The highest BCUT2D eigenvalue weighted by molar-refractivity contribution is 7.98. The minimum Gasteiger partial charge on any atom is -0.360 e. The van der Waals surface area contributed by atoms with Crippen molar-refractivity contribution in [1.82, 2.24) is 15.3 Å². The van der Waals surface area contributed by atoms with Crippen LogP contribution in [-0.2, 0) is 5.75 Å². The molecule has 0 atom stereocenters. The van der Waals surface area contributed by atoms with E-state index in [-0.39, 0.29) is 5.91 Å². The summed E-state index contributed by atoms with van der Waals surface area (Å²) in [5, 5.41) is 3.79. The maximum atomic E-state index is 12.4. The van der Waals surface area contributed by atoms with Gasteiger partial charge in [0.15, 0.2) is 5.16 Å². The molecular weight excluding hydrogens is 416 g/mol. The Kier molecular flexibility index (Phi) is 7.43. The molecule has 32 heavy (non-hydrogen) atoms. The van der Waals surface area contributed by atoms with Crippen molar-refractivity contribution < 1.29 is 4.79 Å². The van der Waals surface area contributed by atoms with Crippen LogP contribution in [0.4, 0.5) is 5.82 Å². The van der Waals surface area contributed by atoms with Gasteiger partial charge in [0, 0.05) is 43.1 Å². The van der Waals surface area contributed by atoms with Crippen molar-refractivity contribution >= 4 is 23.5 Å². The molecule has 0 aliphatic heterocycles. The molecule has 1 saturated carbocycles. The van der Waals surface area contributed by atoms with Gasteiger partial charge < -0.3 is 10.2 Å². The van der Waals surface area contributed by atoms with Gasteiger partial charge in [-0.25, -0.2) is 9.97 Å². The Morgan fingerprint density at radius 3 is 2.66 bits per heavy atom. The van der Waals surface area contributed by atoms with Crippen LogP contribution in [0, 0.1) is 5.92 Å². The normalized spacial score (nSPS) is 13.1. The minimum atomic E-state index is 0.00884. The van der Waals surface area contributed by atoms with Crippen LogP contribution >= 0.6 is 11.8 Å². The van der Waals surface area contributed by atoms with Crippen LogP contribution < -0.4 is 10.2 Å². The third-order valence-corrected chi connectivity index (χ3v) is 6.44. The number of carbonyl (C=O) groups excluding carboxylic acids is 1. The molecule has 1 N–H and O–H groups in total. The average Bonchev–Trinajstić information content (AvgIpc) is 3.66. The Morgan fingerprint density at radius 1 is 1.09 bits per heavy atom. The van der Waals surface area contributed by atoms with Gasteiger partial charge in [0.05, 0.1) is 5.69 Å². The Balaban J connectivity index is 1.50. The van der Waals surface area contributed by atoms with Crippen molar-refractivity contribution in [3.05, 3.63) is 71.8 Å². The van der Waals surface area contributed by atoms with Crippen molar-refractivity contribution in [2.24, 2.45) is 5.92 Å². The maximum Gasteiger partial charge on any atom is 0.251 e. The summed E-state index contributed by atoms with van der Waals surface area (Å²) < 4.78 is 0. The molecule has 2 aromatic carbocycles. The van der Waals surface area contributed by atoms with Crippen molar-refractivity contribution in [1.29, 1.82) is 0 Å². The number of hydrogen-bond acceptors (Lipinski definition) is 5. The lowest BCUT2D eigenvalue weighted by Crippen LogP contribution is -2.25. The van der Waals surface area contributed by atoms with Gasteiger partial charge in [-0.05, 0) is 42.9 Å². The predicted octanol–water partition coefficient (Wildman–Crippen LogP) is 5.42. The number of hydrogen-bond donors (Lipinski definition) is 1. The Labute approximate surface area is 194 Å². The summed E-state index contributed by atoms with van der Waals surface area (Å²) in [5.41, 5.74) is 3.81. The third kappa shape index (κ3) is 6.10. The van der Waals surface area contributed by atoms with E-state index in [1.54, 1.807) is 11.8 Å². The monoisotopic (exact) mass is 446 g/mol. The largest absolute Gasteiger partial charge is 0.360 e. The molecule has 0 spiro atoms. The van der Waals surface area contributed by atoms with E-state index in [1.807, 2.05) is 36.4 Å². The second-order valence-corrected chi connectivity index (χ2v) is 9.27. The van der Waals surface area contributed by atoms with Crippen molar-refractivity contribution in [3.63, 3.8) is 0 Å². The van der Waals surface area contributed by atoms with E-state index < -0.39 is 0 Å². The Bertz CT molecular complexity index is 1050. The van der Waals surface area contributed by atoms with E-state index in [1.165, 1.54) is 12.8 Å². The SMILES string of the molecule is CCCN(C)c1cc(-c2ccccc2)nc(SCc2cccc(C(=O)NCC3CC3)c2)n1. The maximum absolute atomic E-state index is 12.4. The summed E-state index contributed by atoms with van der Waals surface area (Å²) in [7, 11) is 2.07. The van der Waals surface area contributed by atoms with Crippen LogP contribution in [0.2, 0.25) is 0 Å². The molecule has 1 aromatic heterocycles. The highest BCUT2D eigenvalue weighted by atomic mass is 32.2. The van der Waals surface area contributed by atoms with Crippen molar-refractivity contribution in [2.45, 2.75) is 37.1 Å². The predicted molar refractivity (Wildman–Crippen MR) is 132 cm³/mol. The van der Waals surface area contributed by atoms with E-state index >= 15 is 0 Å². The number of aromatic nitrogens is 2. The van der Waals surface area contributed by atoms with Crippen LogP contribution in [-0.4, -0.2) is 36.0 Å². The summed E-state index contributed by atoms with van der Waals surface area (Å²) in [6.07, 6.45) is 3.52. The van der Waals surface area contributed by atoms with Gasteiger partial charge in [-0.1, -0.05) is 61.2 Å². The zero-order valence-electron chi connectivity index (χ0n) is 18.8. The van der Waals surface area contributed by atoms with E-state index in [2.05, 4.69) is 48.5 Å². The lowest BCUT2D eigenvalue weighted by molar-refractivity contribution is 0.0951. The van der Waals surface area contributed by atoms with E-state index in [9.17, 15) is 4.79 Å². The molecule has 166 valence electrons. The first kappa shape index (κ1) is 22.3. The van der Waals surface area contributed by atoms with Crippen molar-refractivity contribution in [2.75, 3.05) is 25.0 Å². The molecule has 1 aliphatic rings. The van der Waals surface area contributed by atoms with Gasteiger partial charge in [-0.15, -0.1) is 0 Å². The third-order valence-electron chi connectivity index (χ3n) is 5.52. The molecule has 1 amide bonds. The van der Waals surface area contributed by atoms with Crippen molar-refractivity contribution in [3.8, 4) is 11.3 Å². The minimum absolute atomic E-state index is 0.00884. The Morgan fingerprint density at radius 2 is 1.91 bits per heavy atom. The fourth-order valence-electron chi connectivity index (χ4n) is 3.49. The highest BCUT2D eigenvalue weighted by Crippen LogP contribution is 2.28. The summed E-state index contributed by atoms with van der Waals surface area (Å²) in [6.45, 7) is 3.89. The first-order valence-corrected chi connectivity index (χ1v) is 12.3. The molecule has 0 radical (unpaired) electrons. The summed E-state index contributed by atoms with van der Waals surface area (Å²) in [6, 6.07) is 20.1. The first-order chi connectivity index (χ1) is 15.6. The molecule has 6 heteroatoms. The summed E-state index contributed by atoms with van der Waals surface area (Å²) in [5.74, 6) is 2.32. The zero-order valence-corrected chi connectivity index (χ0v) is 19.6. The van der Waals surface area contributed by atoms with Gasteiger partial charge in [-0.2, -0.15) is 0 Å². The number of anilines is 1. The van der Waals surface area contributed by atoms with E-state index in [4.69, 9.17) is 9.97 Å². The van der Waals surface area contributed by atoms with Gasteiger partial charge in [0.25, 0.3) is 5.91 Å². The van der Waals surface area contributed by atoms with Crippen LogP contribution in [0.1, 0.15) is 42.1 Å². The average molecular weight is 447 g/mol. The van der Waals surface area contributed by atoms with Crippen LogP contribution in [0.25, 0.3) is 11.3 Å². The van der Waals surface area contributed by atoms with Gasteiger partial charge in [0.2, 0.25) is 0 Å². The number of nitrogens with zero attached hydrogens (tertiary/aromatic N) is 3. The molecule has 5 nitrogen and oxygen atoms in total. The molecule has 1 heterocycles. The number of amides is 1. The second kappa shape index (κ2) is 10.6. The quantitative estimate of drug-likeness (QED) is 0.333. The molecule has 1 aliphatic carbocycles. The summed E-state index contributed by atoms with van der Waals surface area (Å²) in [4.78, 5) is 24.2. The number of thioether (sulfide) groups is 1. The molecule has 4 rings (SSSR count). The van der Waals surface area contributed by atoms with Crippen LogP contribution in [0.5, 0.6) is 0 Å². The van der Waals surface area contributed by atoms with Crippen LogP contribution in [0.3, 0.4) is 0 Å². The lowest BCUT2D eigenvalue weighted by Gasteiger charge is -2.18. The van der Waals surface area contributed by atoms with Crippen LogP contribution in [0.15, 0.2) is 65.8 Å². The van der Waals surface area contributed by atoms with E-state index in [0.717, 1.165) is 47.3 Å². The topological polar surface area (TPSA) is 58.1 Å². The number of benzene rings is 2. The molecule has 3 aromatic rings. The molecular formula is C26H30N4OS. The molecule has 1 fully saturated rings. The lowest BCUT2D eigenvalue weighted by atomic mass is 10.1. The van der Waals surface area contributed by atoms with Gasteiger partial charge in [-0.3, -0.25) is 4.79 Å². The number of carbonyl (C=O) groups is 1. The number of nitrogens with one attached hydrogen (secondary N) is 1. The van der Waals surface area contributed by atoms with E-state index in [0.29, 0.717) is 17.2 Å². The second-order valence-electron chi connectivity index (χ2n) is 8.32. The summed E-state index contributed by atoms with van der Waals surface area (Å²) >= 11 is 1.60. The van der Waals surface area contributed by atoms with Gasteiger partial charge >= 0.3 is 0 Å². The molecule has 0 unspecified atom stereocenters. The first-order valence-electron chi connectivity index (χ1n) is 11.3. The smallest absolute Gasteiger partial charge is 0.251 e. The zero-order chi connectivity index (χ0) is 22.3. The standard InChI is InChI=1S/C26H30N4OS/c1-3-14-30(2)24-16-23(21-9-5-4-6-10-21)28-26(29-24)32-18-20-8-7-11-22(15-20)25(31)27-17-19-12-13-19/h4-11,15-16,19H,3,12-14,17-18H2,1-2H3,(H,27,31). The fraction of sp³-hybridized carbons (Fsp3) is 0.346. The molecule has 0 saturated heterocycles.